The SMILES string of the molecule is CCCC(=O)N[C@@H]1CCCc2ccccc21. The molecule has 0 fully saturated rings. The highest BCUT2D eigenvalue weighted by Crippen LogP contribution is 2.29. The summed E-state index contributed by atoms with van der Waals surface area (Å²) in [5.74, 6) is 0.184. The van der Waals surface area contributed by atoms with E-state index in [0.717, 1.165) is 19.3 Å². The Labute approximate surface area is 97.1 Å². The van der Waals surface area contributed by atoms with Crippen molar-refractivity contribution in [3.63, 3.8) is 0 Å². The van der Waals surface area contributed by atoms with Gasteiger partial charge < -0.3 is 5.32 Å². The molecule has 1 aliphatic rings. The quantitative estimate of drug-likeness (QED) is 0.828. The summed E-state index contributed by atoms with van der Waals surface area (Å²) in [5.41, 5.74) is 2.72. The van der Waals surface area contributed by atoms with Crippen LogP contribution in [-0.2, 0) is 11.2 Å². The van der Waals surface area contributed by atoms with E-state index in [1.54, 1.807) is 0 Å². The van der Waals surface area contributed by atoms with E-state index in [1.807, 2.05) is 6.92 Å². The second-order valence-electron chi connectivity index (χ2n) is 4.46. The van der Waals surface area contributed by atoms with Gasteiger partial charge in [-0.05, 0) is 36.8 Å². The van der Waals surface area contributed by atoms with Gasteiger partial charge >= 0.3 is 0 Å². The van der Waals surface area contributed by atoms with Gasteiger partial charge in [-0.2, -0.15) is 0 Å². The van der Waals surface area contributed by atoms with Crippen molar-refractivity contribution < 1.29 is 4.79 Å². The second-order valence-corrected chi connectivity index (χ2v) is 4.46. The van der Waals surface area contributed by atoms with Crippen LogP contribution in [0.25, 0.3) is 0 Å². The number of hydrogen-bond acceptors (Lipinski definition) is 1. The van der Waals surface area contributed by atoms with Crippen LogP contribution in [0.15, 0.2) is 24.3 Å². The third-order valence-corrected chi connectivity index (χ3v) is 3.18. The molecule has 0 heterocycles. The van der Waals surface area contributed by atoms with Crippen LogP contribution >= 0.6 is 0 Å². The molecule has 1 atom stereocenters. The molecule has 1 amide bonds. The van der Waals surface area contributed by atoms with Gasteiger partial charge in [0.1, 0.15) is 0 Å². The van der Waals surface area contributed by atoms with Gasteiger partial charge in [-0.15, -0.1) is 0 Å². The maximum Gasteiger partial charge on any atom is 0.220 e. The monoisotopic (exact) mass is 217 g/mol. The summed E-state index contributed by atoms with van der Waals surface area (Å²) in [6.07, 6.45) is 4.95. The topological polar surface area (TPSA) is 29.1 Å². The minimum atomic E-state index is 0.184. The number of aryl methyl sites for hydroxylation is 1. The molecule has 86 valence electrons. The standard InChI is InChI=1S/C14H19NO/c1-2-6-14(16)15-13-10-5-8-11-7-3-4-9-12(11)13/h3-4,7,9,13H,2,5-6,8,10H2,1H3,(H,15,16)/t13-/m1/s1. The fraction of sp³-hybridized carbons (Fsp3) is 0.500. The fourth-order valence-electron chi connectivity index (χ4n) is 2.40. The minimum absolute atomic E-state index is 0.184. The summed E-state index contributed by atoms with van der Waals surface area (Å²) in [6.45, 7) is 2.04. The van der Waals surface area contributed by atoms with E-state index in [9.17, 15) is 4.79 Å². The van der Waals surface area contributed by atoms with Crippen LogP contribution in [0.1, 0.15) is 49.8 Å². The predicted molar refractivity (Wildman–Crippen MR) is 65.2 cm³/mol. The van der Waals surface area contributed by atoms with Crippen LogP contribution in [0.5, 0.6) is 0 Å². The number of nitrogens with one attached hydrogen (secondary N) is 1. The molecule has 2 rings (SSSR count). The lowest BCUT2D eigenvalue weighted by Crippen LogP contribution is -2.30. The molecule has 0 unspecified atom stereocenters. The zero-order valence-corrected chi connectivity index (χ0v) is 9.83. The first kappa shape index (κ1) is 11.2. The first-order chi connectivity index (χ1) is 7.81. The number of fused-ring (bicyclic) bond motifs is 1. The first-order valence-corrected chi connectivity index (χ1v) is 6.18. The molecule has 2 heteroatoms. The highest BCUT2D eigenvalue weighted by atomic mass is 16.1. The average Bonchev–Trinajstić information content (AvgIpc) is 2.30. The van der Waals surface area contributed by atoms with Crippen molar-refractivity contribution in [2.45, 2.75) is 45.1 Å². The number of benzene rings is 1. The number of carbonyl (C=O) groups is 1. The second kappa shape index (κ2) is 5.15. The molecule has 1 aliphatic carbocycles. The van der Waals surface area contributed by atoms with Gasteiger partial charge in [-0.1, -0.05) is 31.2 Å². The Bertz CT molecular complexity index is 373. The summed E-state index contributed by atoms with van der Waals surface area (Å²) in [6, 6.07) is 8.70. The molecule has 0 bridgehead atoms. The molecule has 16 heavy (non-hydrogen) atoms. The van der Waals surface area contributed by atoms with E-state index in [-0.39, 0.29) is 11.9 Å². The summed E-state index contributed by atoms with van der Waals surface area (Å²) in [5, 5.41) is 3.14. The van der Waals surface area contributed by atoms with Crippen molar-refractivity contribution in [2.24, 2.45) is 0 Å². The number of amides is 1. The van der Waals surface area contributed by atoms with E-state index in [0.29, 0.717) is 6.42 Å². The molecule has 2 nitrogen and oxygen atoms in total. The van der Waals surface area contributed by atoms with Crippen molar-refractivity contribution >= 4 is 5.91 Å². The van der Waals surface area contributed by atoms with Gasteiger partial charge in [0.25, 0.3) is 0 Å². The summed E-state index contributed by atoms with van der Waals surface area (Å²) >= 11 is 0. The number of hydrogen-bond donors (Lipinski definition) is 1. The largest absolute Gasteiger partial charge is 0.349 e. The van der Waals surface area contributed by atoms with Gasteiger partial charge in [-0.25, -0.2) is 0 Å². The molecule has 0 spiro atoms. The van der Waals surface area contributed by atoms with Gasteiger partial charge in [0.2, 0.25) is 5.91 Å². The maximum atomic E-state index is 11.6. The van der Waals surface area contributed by atoms with Crippen LogP contribution in [0.4, 0.5) is 0 Å². The van der Waals surface area contributed by atoms with E-state index in [4.69, 9.17) is 0 Å². The smallest absolute Gasteiger partial charge is 0.220 e. The lowest BCUT2D eigenvalue weighted by atomic mass is 9.87. The third-order valence-electron chi connectivity index (χ3n) is 3.18. The predicted octanol–water partition coefficient (Wildman–Crippen LogP) is 2.98. The first-order valence-electron chi connectivity index (χ1n) is 6.18. The third kappa shape index (κ3) is 2.43. The summed E-state index contributed by atoms with van der Waals surface area (Å²) < 4.78 is 0. The van der Waals surface area contributed by atoms with E-state index >= 15 is 0 Å². The van der Waals surface area contributed by atoms with E-state index < -0.39 is 0 Å². The molecular formula is C14H19NO. The molecule has 1 aromatic rings. The van der Waals surface area contributed by atoms with E-state index in [2.05, 4.69) is 29.6 Å². The Kier molecular flexibility index (Phi) is 3.60. The molecule has 0 aliphatic heterocycles. The highest BCUT2D eigenvalue weighted by Gasteiger charge is 2.20. The molecule has 0 radical (unpaired) electrons. The van der Waals surface area contributed by atoms with Crippen molar-refractivity contribution in [3.05, 3.63) is 35.4 Å². The lowest BCUT2D eigenvalue weighted by molar-refractivity contribution is -0.121. The van der Waals surface area contributed by atoms with Crippen LogP contribution in [0.2, 0.25) is 0 Å². The Morgan fingerprint density at radius 1 is 1.44 bits per heavy atom. The van der Waals surface area contributed by atoms with Crippen molar-refractivity contribution in [1.29, 1.82) is 0 Å². The van der Waals surface area contributed by atoms with Crippen LogP contribution in [-0.4, -0.2) is 5.91 Å². The van der Waals surface area contributed by atoms with Crippen molar-refractivity contribution in [1.82, 2.24) is 5.32 Å². The highest BCUT2D eigenvalue weighted by molar-refractivity contribution is 5.76. The summed E-state index contributed by atoms with van der Waals surface area (Å²) in [4.78, 5) is 11.6. The van der Waals surface area contributed by atoms with Crippen molar-refractivity contribution in [3.8, 4) is 0 Å². The van der Waals surface area contributed by atoms with Gasteiger partial charge in [-0.3, -0.25) is 4.79 Å². The zero-order valence-electron chi connectivity index (χ0n) is 9.83. The minimum Gasteiger partial charge on any atom is -0.349 e. The summed E-state index contributed by atoms with van der Waals surface area (Å²) in [7, 11) is 0. The Hall–Kier alpha value is -1.31. The van der Waals surface area contributed by atoms with Crippen LogP contribution in [0, 0.1) is 0 Å². The molecular weight excluding hydrogens is 198 g/mol. The van der Waals surface area contributed by atoms with Crippen molar-refractivity contribution in [2.75, 3.05) is 0 Å². The molecule has 0 aromatic heterocycles. The maximum absolute atomic E-state index is 11.6. The lowest BCUT2D eigenvalue weighted by Gasteiger charge is -2.26. The van der Waals surface area contributed by atoms with Crippen LogP contribution in [0.3, 0.4) is 0 Å². The van der Waals surface area contributed by atoms with Gasteiger partial charge in [0.05, 0.1) is 6.04 Å². The Balaban J connectivity index is 2.10. The molecule has 0 saturated heterocycles. The average molecular weight is 217 g/mol. The van der Waals surface area contributed by atoms with Gasteiger partial charge in [0, 0.05) is 6.42 Å². The molecule has 1 N–H and O–H groups in total. The molecule has 1 aromatic carbocycles. The molecule has 0 saturated carbocycles. The number of carbonyl (C=O) groups excluding carboxylic acids is 1. The Morgan fingerprint density at radius 2 is 2.25 bits per heavy atom. The number of rotatable bonds is 3. The van der Waals surface area contributed by atoms with Gasteiger partial charge in [0.15, 0.2) is 0 Å². The zero-order chi connectivity index (χ0) is 11.4. The van der Waals surface area contributed by atoms with E-state index in [1.165, 1.54) is 17.5 Å². The fourth-order valence-corrected chi connectivity index (χ4v) is 2.40. The Morgan fingerprint density at radius 3 is 3.06 bits per heavy atom. The van der Waals surface area contributed by atoms with Crippen LogP contribution < -0.4 is 5.32 Å². The normalized spacial score (nSPS) is 18.9.